The van der Waals surface area contributed by atoms with Gasteiger partial charge in [0.1, 0.15) is 0 Å². The number of allylic oxidation sites excluding steroid dienone is 1. The van der Waals surface area contributed by atoms with Gasteiger partial charge >= 0.3 is 0 Å². The first-order valence-electron chi connectivity index (χ1n) is 4.75. The van der Waals surface area contributed by atoms with Crippen molar-refractivity contribution in [2.75, 3.05) is 0 Å². The molecule has 0 aliphatic carbocycles. The summed E-state index contributed by atoms with van der Waals surface area (Å²) in [4.78, 5) is 0. The van der Waals surface area contributed by atoms with Crippen molar-refractivity contribution in [3.63, 3.8) is 0 Å². The summed E-state index contributed by atoms with van der Waals surface area (Å²) in [6.45, 7) is 13.1. The van der Waals surface area contributed by atoms with Crippen molar-refractivity contribution in [2.45, 2.75) is 47.0 Å². The van der Waals surface area contributed by atoms with E-state index in [-0.39, 0.29) is 0 Å². The van der Waals surface area contributed by atoms with Crippen molar-refractivity contribution in [3.05, 3.63) is 12.2 Å². The van der Waals surface area contributed by atoms with Crippen molar-refractivity contribution in [1.29, 1.82) is 0 Å². The summed E-state index contributed by atoms with van der Waals surface area (Å²) in [6.07, 6.45) is 3.74. The van der Waals surface area contributed by atoms with E-state index >= 15 is 0 Å². The van der Waals surface area contributed by atoms with E-state index in [1.54, 1.807) is 0 Å². The lowest BCUT2D eigenvalue weighted by atomic mass is 9.93. The summed E-state index contributed by atoms with van der Waals surface area (Å²) >= 11 is 0. The van der Waals surface area contributed by atoms with Gasteiger partial charge in [0.2, 0.25) is 0 Å². The fourth-order valence-corrected chi connectivity index (χ4v) is 1.01. The van der Waals surface area contributed by atoms with Crippen LogP contribution in [0.15, 0.2) is 12.2 Å². The average Bonchev–Trinajstić information content (AvgIpc) is 1.98. The van der Waals surface area contributed by atoms with Crippen LogP contribution in [0.25, 0.3) is 0 Å². The predicted octanol–water partition coefficient (Wildman–Crippen LogP) is 4.02. The van der Waals surface area contributed by atoms with Gasteiger partial charge in [0.25, 0.3) is 0 Å². The maximum atomic E-state index is 4.10. The fourth-order valence-electron chi connectivity index (χ4n) is 1.01. The molecule has 0 aromatic heterocycles. The van der Waals surface area contributed by atoms with Gasteiger partial charge in [0.15, 0.2) is 0 Å². The van der Waals surface area contributed by atoms with Crippen molar-refractivity contribution >= 4 is 0 Å². The molecule has 0 radical (unpaired) electrons. The summed E-state index contributed by atoms with van der Waals surface area (Å²) < 4.78 is 0. The molecule has 0 aromatic carbocycles. The molecule has 0 saturated carbocycles. The van der Waals surface area contributed by atoms with E-state index < -0.39 is 0 Å². The summed E-state index contributed by atoms with van der Waals surface area (Å²) in [7, 11) is 0. The molecule has 66 valence electrons. The lowest BCUT2D eigenvalue weighted by molar-refractivity contribution is 0.542. The van der Waals surface area contributed by atoms with Crippen LogP contribution in [0, 0.1) is 11.8 Å². The van der Waals surface area contributed by atoms with Crippen molar-refractivity contribution in [2.24, 2.45) is 11.8 Å². The SMILES string of the molecule is C=C(CCC(C)C)C(C)CC. The third-order valence-electron chi connectivity index (χ3n) is 2.35. The molecule has 0 amide bonds. The third-order valence-corrected chi connectivity index (χ3v) is 2.35. The Morgan fingerprint density at radius 2 is 1.82 bits per heavy atom. The molecule has 0 aromatic rings. The van der Waals surface area contributed by atoms with Gasteiger partial charge in [-0.2, -0.15) is 0 Å². The highest BCUT2D eigenvalue weighted by Gasteiger charge is 2.04. The smallest absolute Gasteiger partial charge is 0.0237 e. The predicted molar refractivity (Wildman–Crippen MR) is 52.7 cm³/mol. The van der Waals surface area contributed by atoms with Gasteiger partial charge in [-0.25, -0.2) is 0 Å². The van der Waals surface area contributed by atoms with Gasteiger partial charge in [-0.15, -0.1) is 0 Å². The van der Waals surface area contributed by atoms with Crippen LogP contribution in [0.5, 0.6) is 0 Å². The van der Waals surface area contributed by atoms with Crippen LogP contribution >= 0.6 is 0 Å². The first-order valence-corrected chi connectivity index (χ1v) is 4.75. The van der Waals surface area contributed by atoms with Crippen LogP contribution in [0.2, 0.25) is 0 Å². The Hall–Kier alpha value is -0.260. The zero-order valence-corrected chi connectivity index (χ0v) is 8.48. The number of hydrogen-bond donors (Lipinski definition) is 0. The first kappa shape index (κ1) is 10.7. The molecular weight excluding hydrogens is 132 g/mol. The molecule has 0 spiro atoms. The minimum atomic E-state index is 0.716. The molecule has 0 saturated heterocycles. The van der Waals surface area contributed by atoms with E-state index in [4.69, 9.17) is 0 Å². The molecule has 0 aliphatic rings. The molecule has 0 rings (SSSR count). The highest BCUT2D eigenvalue weighted by atomic mass is 14.1. The van der Waals surface area contributed by atoms with Gasteiger partial charge < -0.3 is 0 Å². The molecule has 0 heteroatoms. The fraction of sp³-hybridized carbons (Fsp3) is 0.818. The van der Waals surface area contributed by atoms with Crippen LogP contribution in [0.1, 0.15) is 47.0 Å². The van der Waals surface area contributed by atoms with Gasteiger partial charge in [0.05, 0.1) is 0 Å². The molecule has 0 heterocycles. The summed E-state index contributed by atoms with van der Waals surface area (Å²) in [5.41, 5.74) is 1.43. The molecular formula is C11H22. The Bertz CT molecular complexity index is 111. The summed E-state index contributed by atoms with van der Waals surface area (Å²) in [5, 5.41) is 0. The van der Waals surface area contributed by atoms with E-state index in [1.165, 1.54) is 24.8 Å². The van der Waals surface area contributed by atoms with Gasteiger partial charge in [-0.3, -0.25) is 0 Å². The maximum Gasteiger partial charge on any atom is -0.0237 e. The molecule has 0 aliphatic heterocycles. The molecule has 0 N–H and O–H groups in total. The molecule has 0 fully saturated rings. The van der Waals surface area contributed by atoms with Gasteiger partial charge in [-0.1, -0.05) is 39.8 Å². The standard InChI is InChI=1S/C11H22/c1-6-10(4)11(5)8-7-9(2)3/h9-10H,5-8H2,1-4H3. The van der Waals surface area contributed by atoms with Crippen LogP contribution in [-0.2, 0) is 0 Å². The van der Waals surface area contributed by atoms with Crippen molar-refractivity contribution in [3.8, 4) is 0 Å². The minimum absolute atomic E-state index is 0.716. The van der Waals surface area contributed by atoms with Gasteiger partial charge in [0, 0.05) is 0 Å². The molecule has 0 bridgehead atoms. The molecule has 1 unspecified atom stereocenters. The van der Waals surface area contributed by atoms with Crippen molar-refractivity contribution in [1.82, 2.24) is 0 Å². The summed E-state index contributed by atoms with van der Waals surface area (Å²) in [5.74, 6) is 1.53. The summed E-state index contributed by atoms with van der Waals surface area (Å²) in [6, 6.07) is 0. The third kappa shape index (κ3) is 5.06. The maximum absolute atomic E-state index is 4.10. The number of rotatable bonds is 5. The van der Waals surface area contributed by atoms with Crippen LogP contribution in [0.4, 0.5) is 0 Å². The Morgan fingerprint density at radius 1 is 1.27 bits per heavy atom. The monoisotopic (exact) mass is 154 g/mol. The first-order chi connectivity index (χ1) is 5.07. The lowest BCUT2D eigenvalue weighted by Crippen LogP contribution is -1.98. The normalized spacial score (nSPS) is 13.5. The Balaban J connectivity index is 3.52. The second-order valence-electron chi connectivity index (χ2n) is 3.90. The second kappa shape index (κ2) is 5.40. The quantitative estimate of drug-likeness (QED) is 0.524. The highest BCUT2D eigenvalue weighted by Crippen LogP contribution is 2.19. The van der Waals surface area contributed by atoms with Gasteiger partial charge in [-0.05, 0) is 31.1 Å². The Morgan fingerprint density at radius 3 is 2.18 bits per heavy atom. The van der Waals surface area contributed by atoms with E-state index in [0.717, 1.165) is 5.92 Å². The Kier molecular flexibility index (Phi) is 5.27. The highest BCUT2D eigenvalue weighted by molar-refractivity contribution is 4.98. The van der Waals surface area contributed by atoms with E-state index in [9.17, 15) is 0 Å². The Labute approximate surface area is 71.7 Å². The average molecular weight is 154 g/mol. The molecule has 11 heavy (non-hydrogen) atoms. The second-order valence-corrected chi connectivity index (χ2v) is 3.90. The molecule has 0 nitrogen and oxygen atoms in total. The lowest BCUT2D eigenvalue weighted by Gasteiger charge is -2.13. The zero-order valence-electron chi connectivity index (χ0n) is 8.48. The zero-order chi connectivity index (χ0) is 8.85. The topological polar surface area (TPSA) is 0 Å². The van der Waals surface area contributed by atoms with E-state index in [1.807, 2.05) is 0 Å². The molecule has 1 atom stereocenters. The van der Waals surface area contributed by atoms with E-state index in [2.05, 4.69) is 34.3 Å². The van der Waals surface area contributed by atoms with E-state index in [0.29, 0.717) is 5.92 Å². The van der Waals surface area contributed by atoms with Crippen LogP contribution < -0.4 is 0 Å². The van der Waals surface area contributed by atoms with Crippen LogP contribution in [-0.4, -0.2) is 0 Å². The number of hydrogen-bond acceptors (Lipinski definition) is 0. The van der Waals surface area contributed by atoms with Crippen molar-refractivity contribution < 1.29 is 0 Å². The van der Waals surface area contributed by atoms with Crippen LogP contribution in [0.3, 0.4) is 0 Å². The minimum Gasteiger partial charge on any atom is -0.0996 e. The largest absolute Gasteiger partial charge is 0.0996 e.